The topological polar surface area (TPSA) is 128 Å². The molecule has 2 rings (SSSR count). The van der Waals surface area contributed by atoms with Crippen LogP contribution in [0.25, 0.3) is 0 Å². The Morgan fingerprint density at radius 2 is 0.933 bits per heavy atom. The molecule has 0 aliphatic rings. The lowest BCUT2D eigenvalue weighted by Crippen LogP contribution is -2.54. The molecule has 2 aromatic carbocycles. The average molecular weight is 438 g/mol. The van der Waals surface area contributed by atoms with Crippen LogP contribution >= 0.6 is 0 Å². The zero-order chi connectivity index (χ0) is 23.3. The smallest absolute Gasteiger partial charge is 0.423 e. The third-order valence-corrected chi connectivity index (χ3v) is 8.61. The van der Waals surface area contributed by atoms with Crippen molar-refractivity contribution in [3.8, 4) is 12.1 Å². The van der Waals surface area contributed by atoms with Gasteiger partial charge in [-0.25, -0.2) is 0 Å². The minimum absolute atomic E-state index is 0.466. The van der Waals surface area contributed by atoms with Gasteiger partial charge < -0.3 is 20.1 Å². The van der Waals surface area contributed by atoms with Crippen molar-refractivity contribution in [1.29, 1.82) is 10.5 Å². The molecular weight excluding hydrogens is 410 g/mol. The maximum absolute atomic E-state index is 9.26. The standard InChI is InChI=1S/2C10H14BNO2Si/c2*1-15(2,3)10-8(7-12)5-4-6-9(10)11(13)14/h2*4-6,13-14H,1-3H3. The summed E-state index contributed by atoms with van der Waals surface area (Å²) in [5.41, 5.74) is 2.04. The summed E-state index contributed by atoms with van der Waals surface area (Å²) in [5, 5.41) is 56.7. The fourth-order valence-corrected chi connectivity index (χ4v) is 7.48. The Bertz CT molecular complexity index is 893. The molecule has 6 nitrogen and oxygen atoms in total. The first kappa shape index (κ1) is 25.9. The molecule has 0 radical (unpaired) electrons. The lowest BCUT2D eigenvalue weighted by molar-refractivity contribution is 0.425. The van der Waals surface area contributed by atoms with Crippen molar-refractivity contribution in [2.75, 3.05) is 0 Å². The van der Waals surface area contributed by atoms with Crippen molar-refractivity contribution < 1.29 is 20.1 Å². The Morgan fingerprint density at radius 1 is 0.633 bits per heavy atom. The molecule has 0 saturated heterocycles. The number of nitrogens with zero attached hydrogens (tertiary/aromatic N) is 2. The average Bonchev–Trinajstić information content (AvgIpc) is 2.65. The van der Waals surface area contributed by atoms with Crippen molar-refractivity contribution in [3.05, 3.63) is 47.5 Å². The summed E-state index contributed by atoms with van der Waals surface area (Å²) >= 11 is 0. The van der Waals surface area contributed by atoms with Gasteiger partial charge in [-0.15, -0.1) is 0 Å². The molecular formula is C20H28B2N2O4Si2. The maximum Gasteiger partial charge on any atom is 0.488 e. The number of hydrogen-bond donors (Lipinski definition) is 4. The van der Waals surface area contributed by atoms with E-state index in [1.165, 1.54) is 0 Å². The van der Waals surface area contributed by atoms with Crippen LogP contribution in [0.4, 0.5) is 0 Å². The van der Waals surface area contributed by atoms with Gasteiger partial charge in [0, 0.05) is 0 Å². The van der Waals surface area contributed by atoms with E-state index in [9.17, 15) is 20.1 Å². The van der Waals surface area contributed by atoms with Crippen LogP contribution in [-0.2, 0) is 0 Å². The number of benzene rings is 2. The summed E-state index contributed by atoms with van der Waals surface area (Å²) in [4.78, 5) is 0. The normalized spacial score (nSPS) is 10.9. The second-order valence-electron chi connectivity index (χ2n) is 9.01. The number of nitriles is 2. The highest BCUT2D eigenvalue weighted by atomic mass is 28.3. The molecule has 0 aromatic heterocycles. The lowest BCUT2D eigenvalue weighted by Gasteiger charge is -2.22. The van der Waals surface area contributed by atoms with E-state index in [-0.39, 0.29) is 0 Å². The molecule has 10 heteroatoms. The molecule has 0 spiro atoms. The van der Waals surface area contributed by atoms with Gasteiger partial charge in [0.05, 0.1) is 39.4 Å². The van der Waals surface area contributed by atoms with Gasteiger partial charge in [-0.05, 0) is 33.4 Å². The largest absolute Gasteiger partial charge is 0.488 e. The maximum atomic E-state index is 9.26. The van der Waals surface area contributed by atoms with Crippen LogP contribution in [-0.4, -0.2) is 50.5 Å². The molecule has 4 N–H and O–H groups in total. The first-order valence-corrected chi connectivity index (χ1v) is 16.5. The van der Waals surface area contributed by atoms with E-state index in [0.717, 1.165) is 10.4 Å². The van der Waals surface area contributed by atoms with Crippen molar-refractivity contribution >= 4 is 51.7 Å². The van der Waals surface area contributed by atoms with Gasteiger partial charge in [-0.3, -0.25) is 0 Å². The van der Waals surface area contributed by atoms with Gasteiger partial charge in [-0.2, -0.15) is 10.5 Å². The first-order valence-electron chi connectivity index (χ1n) is 9.55. The quantitative estimate of drug-likeness (QED) is 0.480. The third kappa shape index (κ3) is 6.41. The molecule has 2 aromatic rings. The van der Waals surface area contributed by atoms with E-state index >= 15 is 0 Å². The van der Waals surface area contributed by atoms with E-state index in [1.807, 2.05) is 0 Å². The molecule has 0 aliphatic heterocycles. The molecule has 0 amide bonds. The van der Waals surface area contributed by atoms with Crippen molar-refractivity contribution in [2.45, 2.75) is 39.3 Å². The molecule has 0 saturated carbocycles. The summed E-state index contributed by atoms with van der Waals surface area (Å²) < 4.78 is 0. The minimum Gasteiger partial charge on any atom is -0.423 e. The SMILES string of the molecule is C[Si](C)(C)c1c(C#N)cccc1B(O)O.C[Si](C)(C)c1c(C#N)cccc1B(O)O. The molecule has 0 atom stereocenters. The van der Waals surface area contributed by atoms with E-state index in [2.05, 4.69) is 51.4 Å². The summed E-state index contributed by atoms with van der Waals surface area (Å²) in [6.07, 6.45) is 0. The van der Waals surface area contributed by atoms with Gasteiger partial charge in [-0.1, -0.05) is 63.5 Å². The van der Waals surface area contributed by atoms with E-state index < -0.39 is 30.4 Å². The second-order valence-corrected chi connectivity index (χ2v) is 19.0. The molecule has 0 bridgehead atoms. The van der Waals surface area contributed by atoms with Crippen LogP contribution < -0.4 is 21.3 Å². The van der Waals surface area contributed by atoms with Gasteiger partial charge in [0.1, 0.15) is 0 Å². The van der Waals surface area contributed by atoms with Gasteiger partial charge in [0.25, 0.3) is 0 Å². The van der Waals surface area contributed by atoms with Crippen LogP contribution in [0.1, 0.15) is 11.1 Å². The highest BCUT2D eigenvalue weighted by Gasteiger charge is 2.29. The molecule has 0 fully saturated rings. The Labute approximate surface area is 181 Å². The summed E-state index contributed by atoms with van der Waals surface area (Å²) in [6, 6.07) is 14.3. The Kier molecular flexibility index (Phi) is 8.81. The predicted molar refractivity (Wildman–Crippen MR) is 128 cm³/mol. The van der Waals surface area contributed by atoms with Crippen molar-refractivity contribution in [1.82, 2.24) is 0 Å². The first-order chi connectivity index (χ1) is 13.8. The fourth-order valence-electron chi connectivity index (χ4n) is 3.43. The highest BCUT2D eigenvalue weighted by molar-refractivity contribution is 6.93. The highest BCUT2D eigenvalue weighted by Crippen LogP contribution is 2.06. The lowest BCUT2D eigenvalue weighted by atomic mass is 9.79. The van der Waals surface area contributed by atoms with Gasteiger partial charge in [0.15, 0.2) is 0 Å². The molecule has 30 heavy (non-hydrogen) atoms. The van der Waals surface area contributed by atoms with Crippen LogP contribution in [0, 0.1) is 22.7 Å². The zero-order valence-corrected chi connectivity index (χ0v) is 20.3. The van der Waals surface area contributed by atoms with E-state index in [4.69, 9.17) is 10.5 Å². The number of hydrogen-bond acceptors (Lipinski definition) is 6. The van der Waals surface area contributed by atoms with Crippen LogP contribution in [0.15, 0.2) is 36.4 Å². The van der Waals surface area contributed by atoms with Crippen molar-refractivity contribution in [3.63, 3.8) is 0 Å². The van der Waals surface area contributed by atoms with E-state index in [1.54, 1.807) is 36.4 Å². The Morgan fingerprint density at radius 3 is 1.13 bits per heavy atom. The molecule has 0 aliphatic carbocycles. The summed E-state index contributed by atoms with van der Waals surface area (Å²) in [5.74, 6) is 0. The fraction of sp³-hybridized carbons (Fsp3) is 0.300. The monoisotopic (exact) mass is 438 g/mol. The van der Waals surface area contributed by atoms with Crippen molar-refractivity contribution in [2.24, 2.45) is 0 Å². The molecule has 156 valence electrons. The van der Waals surface area contributed by atoms with Crippen LogP contribution in [0.3, 0.4) is 0 Å². The predicted octanol–water partition coefficient (Wildman–Crippen LogP) is -0.433. The van der Waals surface area contributed by atoms with Gasteiger partial charge in [0.2, 0.25) is 0 Å². The number of rotatable bonds is 4. The van der Waals surface area contributed by atoms with Gasteiger partial charge >= 0.3 is 14.2 Å². The summed E-state index contributed by atoms with van der Waals surface area (Å²) in [6.45, 7) is 12.5. The Hall–Kier alpha value is -2.18. The van der Waals surface area contributed by atoms with E-state index in [0.29, 0.717) is 22.1 Å². The Balaban J connectivity index is 0.000000300. The third-order valence-electron chi connectivity index (χ3n) is 4.49. The molecule has 0 heterocycles. The zero-order valence-electron chi connectivity index (χ0n) is 18.3. The van der Waals surface area contributed by atoms with Crippen LogP contribution in [0.2, 0.25) is 39.3 Å². The molecule has 0 unspecified atom stereocenters. The van der Waals surface area contributed by atoms with Crippen LogP contribution in [0.5, 0.6) is 0 Å². The second kappa shape index (κ2) is 10.2. The summed E-state index contributed by atoms with van der Waals surface area (Å²) in [7, 11) is -6.50. The minimum atomic E-state index is -1.75.